The Morgan fingerprint density at radius 2 is 2.10 bits per heavy atom. The van der Waals surface area contributed by atoms with Gasteiger partial charge >= 0.3 is 0 Å². The van der Waals surface area contributed by atoms with Gasteiger partial charge in [-0.3, -0.25) is 9.69 Å². The van der Waals surface area contributed by atoms with E-state index in [1.165, 1.54) is 22.3 Å². The molecule has 2 N–H and O–H groups in total. The first-order valence-electron chi connectivity index (χ1n) is 10.8. The number of hydrogen-bond acceptors (Lipinski definition) is 5. The van der Waals surface area contributed by atoms with E-state index in [9.17, 15) is 4.79 Å². The third kappa shape index (κ3) is 5.18. The molecule has 1 aliphatic rings. The highest BCUT2D eigenvalue weighted by atomic mass is 16.3. The number of aliphatic hydroxyl groups excluding tert-OH is 1. The van der Waals surface area contributed by atoms with Crippen LogP contribution in [0.1, 0.15) is 40.5 Å². The lowest BCUT2D eigenvalue weighted by Gasteiger charge is -2.32. The Kier molecular flexibility index (Phi) is 6.74. The molecule has 162 valence electrons. The number of aliphatic hydroxyl groups is 1. The van der Waals surface area contributed by atoms with Gasteiger partial charge in [0.15, 0.2) is 5.69 Å². The Morgan fingerprint density at radius 3 is 2.94 bits per heavy atom. The van der Waals surface area contributed by atoms with E-state index in [0.29, 0.717) is 0 Å². The molecule has 1 saturated heterocycles. The van der Waals surface area contributed by atoms with Crippen LogP contribution in [0, 0.1) is 6.92 Å². The number of nitrogens with one attached hydrogen (secondary N) is 1. The minimum Gasteiger partial charge on any atom is -0.395 e. The maximum Gasteiger partial charge on any atom is 0.273 e. The molecule has 31 heavy (non-hydrogen) atoms. The highest BCUT2D eigenvalue weighted by Gasteiger charge is 2.23. The van der Waals surface area contributed by atoms with E-state index < -0.39 is 0 Å². The number of piperidine rings is 1. The fraction of sp³-hybridized carbons (Fsp3) is 0.375. The van der Waals surface area contributed by atoms with Gasteiger partial charge in [-0.05, 0) is 54.6 Å². The van der Waals surface area contributed by atoms with Gasteiger partial charge in [-0.15, -0.1) is 5.10 Å². The summed E-state index contributed by atoms with van der Waals surface area (Å²) in [5.41, 5.74) is 5.39. The van der Waals surface area contributed by atoms with E-state index in [1.807, 2.05) is 4.68 Å². The number of benzene rings is 2. The Bertz CT molecular complexity index is 1030. The van der Waals surface area contributed by atoms with Crippen LogP contribution in [0.5, 0.6) is 0 Å². The first-order valence-corrected chi connectivity index (χ1v) is 10.8. The Labute approximate surface area is 182 Å². The SMILES string of the molecule is Cc1ccccc1-c1cccc(CN2CCCC(n3cc(C(=O)NCCO)nn3)C2)c1. The molecule has 1 aliphatic heterocycles. The van der Waals surface area contributed by atoms with Crippen LogP contribution in [0.3, 0.4) is 0 Å². The fourth-order valence-electron chi connectivity index (χ4n) is 4.20. The van der Waals surface area contributed by atoms with E-state index in [0.717, 1.165) is 32.5 Å². The van der Waals surface area contributed by atoms with E-state index in [-0.39, 0.29) is 30.8 Å². The first-order chi connectivity index (χ1) is 15.1. The summed E-state index contributed by atoms with van der Waals surface area (Å²) >= 11 is 0. The molecular weight excluding hydrogens is 390 g/mol. The van der Waals surface area contributed by atoms with Crippen molar-refractivity contribution in [2.75, 3.05) is 26.2 Å². The summed E-state index contributed by atoms with van der Waals surface area (Å²) in [4.78, 5) is 14.5. The quantitative estimate of drug-likeness (QED) is 0.615. The molecule has 1 unspecified atom stereocenters. The smallest absolute Gasteiger partial charge is 0.273 e. The fourth-order valence-corrected chi connectivity index (χ4v) is 4.20. The van der Waals surface area contributed by atoms with Gasteiger partial charge in [-0.2, -0.15) is 0 Å². The number of hydrogen-bond donors (Lipinski definition) is 2. The van der Waals surface area contributed by atoms with Crippen LogP contribution in [-0.2, 0) is 6.54 Å². The zero-order valence-corrected chi connectivity index (χ0v) is 17.9. The lowest BCUT2D eigenvalue weighted by molar-refractivity contribution is 0.0939. The number of amides is 1. The van der Waals surface area contributed by atoms with E-state index >= 15 is 0 Å². The van der Waals surface area contributed by atoms with Crippen molar-refractivity contribution >= 4 is 5.91 Å². The predicted octanol–water partition coefficient (Wildman–Crippen LogP) is 2.81. The number of nitrogens with zero attached hydrogens (tertiary/aromatic N) is 4. The van der Waals surface area contributed by atoms with Crippen LogP contribution in [-0.4, -0.2) is 57.1 Å². The van der Waals surface area contributed by atoms with Gasteiger partial charge < -0.3 is 10.4 Å². The number of aryl methyl sites for hydroxylation is 1. The van der Waals surface area contributed by atoms with Gasteiger partial charge in [0.2, 0.25) is 0 Å². The van der Waals surface area contributed by atoms with Crippen molar-refractivity contribution in [2.45, 2.75) is 32.4 Å². The normalized spacial score (nSPS) is 16.9. The molecule has 7 heteroatoms. The Hall–Kier alpha value is -3.03. The van der Waals surface area contributed by atoms with Crippen LogP contribution in [0.2, 0.25) is 0 Å². The van der Waals surface area contributed by atoms with Gasteiger partial charge in [0, 0.05) is 19.6 Å². The molecule has 0 radical (unpaired) electrons. The maximum absolute atomic E-state index is 12.0. The molecule has 0 bridgehead atoms. The second kappa shape index (κ2) is 9.85. The summed E-state index contributed by atoms with van der Waals surface area (Å²) in [6.45, 7) is 5.06. The third-order valence-corrected chi connectivity index (χ3v) is 5.78. The average Bonchev–Trinajstić information content (AvgIpc) is 3.29. The van der Waals surface area contributed by atoms with Crippen molar-refractivity contribution in [3.05, 3.63) is 71.5 Å². The van der Waals surface area contributed by atoms with E-state index in [2.05, 4.69) is 76.0 Å². The number of rotatable bonds is 7. The van der Waals surface area contributed by atoms with E-state index in [1.54, 1.807) is 6.20 Å². The molecule has 2 aromatic carbocycles. The summed E-state index contributed by atoms with van der Waals surface area (Å²) in [7, 11) is 0. The number of carbonyl (C=O) groups is 1. The van der Waals surface area contributed by atoms with Crippen molar-refractivity contribution in [2.24, 2.45) is 0 Å². The highest BCUT2D eigenvalue weighted by molar-refractivity contribution is 5.91. The molecule has 1 fully saturated rings. The lowest BCUT2D eigenvalue weighted by Crippen LogP contribution is -2.36. The van der Waals surface area contributed by atoms with Crippen LogP contribution >= 0.6 is 0 Å². The second-order valence-electron chi connectivity index (χ2n) is 8.11. The Morgan fingerprint density at radius 1 is 1.23 bits per heavy atom. The molecular formula is C24H29N5O2. The van der Waals surface area contributed by atoms with Crippen molar-refractivity contribution in [3.8, 4) is 11.1 Å². The number of aromatic nitrogens is 3. The van der Waals surface area contributed by atoms with Gasteiger partial charge in [-0.25, -0.2) is 4.68 Å². The topological polar surface area (TPSA) is 83.3 Å². The van der Waals surface area contributed by atoms with Gasteiger partial charge in [-0.1, -0.05) is 47.7 Å². The van der Waals surface area contributed by atoms with Crippen LogP contribution in [0.4, 0.5) is 0 Å². The molecule has 1 amide bonds. The summed E-state index contributed by atoms with van der Waals surface area (Å²) in [6, 6.07) is 17.4. The molecule has 1 atom stereocenters. The highest BCUT2D eigenvalue weighted by Crippen LogP contribution is 2.26. The standard InChI is InChI=1S/C24H29N5O2/c1-18-6-2-3-10-22(18)20-8-4-7-19(14-20)15-28-12-5-9-21(16-28)29-17-23(26-27-29)24(31)25-11-13-30/h2-4,6-8,10,14,17,21,30H,5,9,11-13,15-16H2,1H3,(H,25,31). The minimum atomic E-state index is -0.305. The van der Waals surface area contributed by atoms with Crippen molar-refractivity contribution in [1.29, 1.82) is 0 Å². The monoisotopic (exact) mass is 419 g/mol. The van der Waals surface area contributed by atoms with E-state index in [4.69, 9.17) is 5.11 Å². The van der Waals surface area contributed by atoms with Gasteiger partial charge in [0.05, 0.1) is 18.8 Å². The largest absolute Gasteiger partial charge is 0.395 e. The zero-order valence-electron chi connectivity index (χ0n) is 17.9. The maximum atomic E-state index is 12.0. The molecule has 2 heterocycles. The van der Waals surface area contributed by atoms with Crippen molar-refractivity contribution in [3.63, 3.8) is 0 Å². The lowest BCUT2D eigenvalue weighted by atomic mass is 9.98. The first kappa shape index (κ1) is 21.2. The predicted molar refractivity (Wildman–Crippen MR) is 120 cm³/mol. The molecule has 0 spiro atoms. The Balaban J connectivity index is 1.42. The average molecular weight is 420 g/mol. The van der Waals surface area contributed by atoms with Crippen LogP contribution in [0.15, 0.2) is 54.7 Å². The summed E-state index contributed by atoms with van der Waals surface area (Å²) in [5.74, 6) is -0.305. The van der Waals surface area contributed by atoms with Gasteiger partial charge in [0.1, 0.15) is 0 Å². The molecule has 0 saturated carbocycles. The second-order valence-corrected chi connectivity index (χ2v) is 8.11. The molecule has 1 aromatic heterocycles. The molecule has 0 aliphatic carbocycles. The van der Waals surface area contributed by atoms with Gasteiger partial charge in [0.25, 0.3) is 5.91 Å². The summed E-state index contributed by atoms with van der Waals surface area (Å²) in [6.07, 6.45) is 3.80. The van der Waals surface area contributed by atoms with Crippen molar-refractivity contribution in [1.82, 2.24) is 25.2 Å². The summed E-state index contributed by atoms with van der Waals surface area (Å²) in [5, 5.41) is 19.7. The zero-order chi connectivity index (χ0) is 21.6. The van der Waals surface area contributed by atoms with Crippen LogP contribution < -0.4 is 5.32 Å². The minimum absolute atomic E-state index is 0.0947. The van der Waals surface area contributed by atoms with Crippen molar-refractivity contribution < 1.29 is 9.90 Å². The number of carbonyl (C=O) groups excluding carboxylic acids is 1. The number of likely N-dealkylation sites (tertiary alicyclic amines) is 1. The third-order valence-electron chi connectivity index (χ3n) is 5.78. The summed E-state index contributed by atoms with van der Waals surface area (Å²) < 4.78 is 1.81. The molecule has 3 aromatic rings. The van der Waals surface area contributed by atoms with Crippen LogP contribution in [0.25, 0.3) is 11.1 Å². The molecule has 4 rings (SSSR count). The molecule has 7 nitrogen and oxygen atoms in total.